The molecule has 0 aliphatic heterocycles. The molecule has 0 heterocycles. The Morgan fingerprint density at radius 2 is 2.04 bits per heavy atom. The standard InChI is InChI=1S/C18H23NO5/c1-23-16-11-13(7-9-15(16)20)8-10-18(22)24-12-17(21)19-14-5-3-2-4-6-14/h7-11,14,20H,2-6,12H2,1H3,(H,19,21)/b10-8+. The van der Waals surface area contributed by atoms with Crippen LogP contribution in [-0.4, -0.2) is 36.7 Å². The Bertz CT molecular complexity index is 605. The van der Waals surface area contributed by atoms with Crippen molar-refractivity contribution >= 4 is 18.0 Å². The predicted molar refractivity (Wildman–Crippen MR) is 89.7 cm³/mol. The summed E-state index contributed by atoms with van der Waals surface area (Å²) < 4.78 is 9.92. The van der Waals surface area contributed by atoms with Gasteiger partial charge in [0.1, 0.15) is 0 Å². The van der Waals surface area contributed by atoms with Gasteiger partial charge in [0, 0.05) is 12.1 Å². The smallest absolute Gasteiger partial charge is 0.331 e. The van der Waals surface area contributed by atoms with Crippen molar-refractivity contribution in [3.63, 3.8) is 0 Å². The number of amides is 1. The van der Waals surface area contributed by atoms with Crippen LogP contribution in [0.2, 0.25) is 0 Å². The van der Waals surface area contributed by atoms with Crippen molar-refractivity contribution < 1.29 is 24.2 Å². The minimum absolute atomic E-state index is 0.0246. The summed E-state index contributed by atoms with van der Waals surface area (Å²) in [6.45, 7) is -0.279. The van der Waals surface area contributed by atoms with Crippen molar-refractivity contribution in [2.24, 2.45) is 0 Å². The van der Waals surface area contributed by atoms with Gasteiger partial charge in [-0.1, -0.05) is 25.3 Å². The Morgan fingerprint density at radius 3 is 2.75 bits per heavy atom. The molecule has 0 bridgehead atoms. The van der Waals surface area contributed by atoms with E-state index >= 15 is 0 Å². The first-order chi connectivity index (χ1) is 11.6. The van der Waals surface area contributed by atoms with Crippen LogP contribution in [0.3, 0.4) is 0 Å². The third-order valence-electron chi connectivity index (χ3n) is 3.93. The number of carbonyl (C=O) groups is 2. The van der Waals surface area contributed by atoms with E-state index in [9.17, 15) is 14.7 Å². The Balaban J connectivity index is 1.77. The molecule has 0 saturated heterocycles. The second-order valence-corrected chi connectivity index (χ2v) is 5.77. The Hall–Kier alpha value is -2.50. The number of phenols is 1. The van der Waals surface area contributed by atoms with Crippen molar-refractivity contribution in [3.8, 4) is 11.5 Å². The van der Waals surface area contributed by atoms with E-state index < -0.39 is 5.97 Å². The number of nitrogens with one attached hydrogen (secondary N) is 1. The molecule has 1 amide bonds. The molecule has 0 atom stereocenters. The number of benzene rings is 1. The zero-order valence-electron chi connectivity index (χ0n) is 13.8. The molecule has 0 spiro atoms. The van der Waals surface area contributed by atoms with Gasteiger partial charge < -0.3 is 19.9 Å². The molecule has 6 nitrogen and oxygen atoms in total. The fourth-order valence-electron chi connectivity index (χ4n) is 2.66. The molecular weight excluding hydrogens is 310 g/mol. The molecule has 1 fully saturated rings. The molecule has 2 N–H and O–H groups in total. The van der Waals surface area contributed by atoms with Gasteiger partial charge in [0.05, 0.1) is 7.11 Å². The molecule has 1 aliphatic carbocycles. The quantitative estimate of drug-likeness (QED) is 0.617. The molecule has 6 heteroatoms. The van der Waals surface area contributed by atoms with Gasteiger partial charge in [-0.15, -0.1) is 0 Å². The SMILES string of the molecule is COc1cc(/C=C/C(=O)OCC(=O)NC2CCCCC2)ccc1O. The molecular formula is C18H23NO5. The fraction of sp³-hybridized carbons (Fsp3) is 0.444. The Labute approximate surface area is 141 Å². The minimum atomic E-state index is -0.596. The lowest BCUT2D eigenvalue weighted by Crippen LogP contribution is -2.38. The monoisotopic (exact) mass is 333 g/mol. The summed E-state index contributed by atoms with van der Waals surface area (Å²) in [5, 5.41) is 12.4. The van der Waals surface area contributed by atoms with E-state index in [0.29, 0.717) is 11.3 Å². The number of aromatic hydroxyl groups is 1. The van der Waals surface area contributed by atoms with Crippen molar-refractivity contribution in [1.82, 2.24) is 5.32 Å². The van der Waals surface area contributed by atoms with Crippen molar-refractivity contribution in [1.29, 1.82) is 0 Å². The Morgan fingerprint density at radius 1 is 1.29 bits per heavy atom. The summed E-state index contributed by atoms with van der Waals surface area (Å²) in [7, 11) is 1.45. The van der Waals surface area contributed by atoms with Crippen LogP contribution in [-0.2, 0) is 14.3 Å². The van der Waals surface area contributed by atoms with Crippen LogP contribution in [0.1, 0.15) is 37.7 Å². The largest absolute Gasteiger partial charge is 0.504 e. The first-order valence-corrected chi connectivity index (χ1v) is 8.09. The molecule has 1 saturated carbocycles. The van der Waals surface area contributed by atoms with E-state index in [4.69, 9.17) is 9.47 Å². The van der Waals surface area contributed by atoms with E-state index in [0.717, 1.165) is 25.7 Å². The predicted octanol–water partition coefficient (Wildman–Crippen LogP) is 2.41. The van der Waals surface area contributed by atoms with Crippen LogP contribution in [0.15, 0.2) is 24.3 Å². The molecule has 2 rings (SSSR count). The van der Waals surface area contributed by atoms with Crippen LogP contribution < -0.4 is 10.1 Å². The number of rotatable bonds is 6. The van der Waals surface area contributed by atoms with E-state index in [-0.39, 0.29) is 24.3 Å². The third kappa shape index (κ3) is 5.61. The highest BCUT2D eigenvalue weighted by atomic mass is 16.5. The normalized spacial score (nSPS) is 15.2. The third-order valence-corrected chi connectivity index (χ3v) is 3.93. The van der Waals surface area contributed by atoms with Crippen LogP contribution in [0.4, 0.5) is 0 Å². The van der Waals surface area contributed by atoms with E-state index in [1.807, 2.05) is 0 Å². The van der Waals surface area contributed by atoms with Gasteiger partial charge in [-0.3, -0.25) is 4.79 Å². The first kappa shape index (κ1) is 17.8. The van der Waals surface area contributed by atoms with Crippen molar-refractivity contribution in [3.05, 3.63) is 29.8 Å². The van der Waals surface area contributed by atoms with E-state index in [1.54, 1.807) is 12.1 Å². The second-order valence-electron chi connectivity index (χ2n) is 5.77. The molecule has 24 heavy (non-hydrogen) atoms. The fourth-order valence-corrected chi connectivity index (χ4v) is 2.66. The van der Waals surface area contributed by atoms with Crippen LogP contribution in [0.25, 0.3) is 6.08 Å². The highest BCUT2D eigenvalue weighted by Gasteiger charge is 2.16. The molecule has 1 aliphatic rings. The number of hydrogen-bond donors (Lipinski definition) is 2. The molecule has 0 unspecified atom stereocenters. The lowest BCUT2D eigenvalue weighted by Gasteiger charge is -2.22. The molecule has 1 aromatic rings. The van der Waals surface area contributed by atoms with E-state index in [2.05, 4.69) is 5.32 Å². The summed E-state index contributed by atoms with van der Waals surface area (Å²) in [5.74, 6) is -0.523. The Kier molecular flexibility index (Phi) is 6.66. The maximum Gasteiger partial charge on any atom is 0.331 e. The summed E-state index contributed by atoms with van der Waals surface area (Å²) in [5.41, 5.74) is 0.674. The van der Waals surface area contributed by atoms with E-state index in [1.165, 1.54) is 31.7 Å². The maximum atomic E-state index is 11.8. The van der Waals surface area contributed by atoms with Gasteiger partial charge in [0.2, 0.25) is 0 Å². The lowest BCUT2D eigenvalue weighted by molar-refractivity contribution is -0.144. The second kappa shape index (κ2) is 8.96. The van der Waals surface area contributed by atoms with Crippen LogP contribution >= 0.6 is 0 Å². The van der Waals surface area contributed by atoms with Gasteiger partial charge in [0.15, 0.2) is 18.1 Å². The number of hydrogen-bond acceptors (Lipinski definition) is 5. The molecule has 1 aromatic carbocycles. The topological polar surface area (TPSA) is 84.9 Å². The van der Waals surface area contributed by atoms with Crippen molar-refractivity contribution in [2.75, 3.05) is 13.7 Å². The minimum Gasteiger partial charge on any atom is -0.504 e. The lowest BCUT2D eigenvalue weighted by atomic mass is 9.95. The van der Waals surface area contributed by atoms with Gasteiger partial charge in [-0.2, -0.15) is 0 Å². The zero-order valence-corrected chi connectivity index (χ0v) is 13.8. The molecule has 0 radical (unpaired) electrons. The molecule has 0 aromatic heterocycles. The van der Waals surface area contributed by atoms with Gasteiger partial charge in [0.25, 0.3) is 5.91 Å². The highest BCUT2D eigenvalue weighted by molar-refractivity contribution is 5.89. The highest BCUT2D eigenvalue weighted by Crippen LogP contribution is 2.26. The number of ether oxygens (including phenoxy) is 2. The number of methoxy groups -OCH3 is 1. The zero-order chi connectivity index (χ0) is 17.4. The summed E-state index contributed by atoms with van der Waals surface area (Å²) in [6.07, 6.45) is 8.22. The first-order valence-electron chi connectivity index (χ1n) is 8.09. The summed E-state index contributed by atoms with van der Waals surface area (Å²) in [6, 6.07) is 4.90. The summed E-state index contributed by atoms with van der Waals surface area (Å²) >= 11 is 0. The maximum absolute atomic E-state index is 11.8. The summed E-state index contributed by atoms with van der Waals surface area (Å²) in [4.78, 5) is 23.4. The molecule has 130 valence electrons. The van der Waals surface area contributed by atoms with Gasteiger partial charge in [-0.25, -0.2) is 4.79 Å². The van der Waals surface area contributed by atoms with Crippen molar-refractivity contribution in [2.45, 2.75) is 38.1 Å². The van der Waals surface area contributed by atoms with Gasteiger partial charge >= 0.3 is 5.97 Å². The number of phenolic OH excluding ortho intramolecular Hbond substituents is 1. The average Bonchev–Trinajstić information content (AvgIpc) is 2.60. The average molecular weight is 333 g/mol. The number of esters is 1. The number of carbonyl (C=O) groups excluding carboxylic acids is 2. The van der Waals surface area contributed by atoms with Gasteiger partial charge in [-0.05, 0) is 36.6 Å². The van der Waals surface area contributed by atoms with Crippen LogP contribution in [0.5, 0.6) is 11.5 Å². The van der Waals surface area contributed by atoms with Crippen LogP contribution in [0, 0.1) is 0 Å².